The fourth-order valence-corrected chi connectivity index (χ4v) is 2.69. The van der Waals surface area contributed by atoms with Crippen LogP contribution in [-0.2, 0) is 11.3 Å². The summed E-state index contributed by atoms with van der Waals surface area (Å²) < 4.78 is 0. The zero-order valence-electron chi connectivity index (χ0n) is 17.3. The summed E-state index contributed by atoms with van der Waals surface area (Å²) in [6.07, 6.45) is 3.16. The molecule has 7 heteroatoms. The summed E-state index contributed by atoms with van der Waals surface area (Å²) in [7, 11) is 1.96. The molecule has 0 fully saturated rings. The number of aliphatic imine (C=N–C) groups is 1. The van der Waals surface area contributed by atoms with Crippen LogP contribution in [0, 0.1) is 0 Å². The normalized spacial score (nSPS) is 12.5. The van der Waals surface area contributed by atoms with Crippen molar-refractivity contribution in [3.63, 3.8) is 0 Å². The molecule has 152 valence electrons. The molecule has 0 saturated heterocycles. The molecule has 1 heterocycles. The highest BCUT2D eigenvalue weighted by molar-refractivity contribution is 5.80. The number of hydrogen-bond acceptors (Lipinski definition) is 3. The number of aromatic amines is 1. The Morgan fingerprint density at radius 2 is 2.04 bits per heavy atom. The van der Waals surface area contributed by atoms with Crippen LogP contribution in [-0.4, -0.2) is 52.9 Å². The van der Waals surface area contributed by atoms with E-state index in [0.29, 0.717) is 19.5 Å². The predicted octanol–water partition coefficient (Wildman–Crippen LogP) is 2.78. The van der Waals surface area contributed by atoms with Gasteiger partial charge in [0.15, 0.2) is 5.96 Å². The third-order valence-corrected chi connectivity index (χ3v) is 4.42. The Kier molecular flexibility index (Phi) is 8.52. The standard InChI is InChI=1S/C21H32N6O/c1-5-16(3)25-20(28)12-13-23-21(22-6-2)27(4)15-19-24-14-18(26-19)17-10-8-7-9-11-17/h7-11,14,16H,5-6,12-13,15H2,1-4H3,(H,22,23)(H,24,26)(H,25,28). The van der Waals surface area contributed by atoms with Crippen molar-refractivity contribution in [2.24, 2.45) is 4.99 Å². The maximum absolute atomic E-state index is 11.9. The molecule has 7 nitrogen and oxygen atoms in total. The summed E-state index contributed by atoms with van der Waals surface area (Å²) in [6, 6.07) is 10.3. The van der Waals surface area contributed by atoms with E-state index in [1.54, 1.807) is 0 Å². The number of nitrogens with one attached hydrogen (secondary N) is 3. The van der Waals surface area contributed by atoms with Crippen LogP contribution >= 0.6 is 0 Å². The van der Waals surface area contributed by atoms with Crippen molar-refractivity contribution < 1.29 is 4.79 Å². The first-order valence-corrected chi connectivity index (χ1v) is 9.91. The Balaban J connectivity index is 1.94. The highest BCUT2D eigenvalue weighted by atomic mass is 16.1. The quantitative estimate of drug-likeness (QED) is 0.458. The predicted molar refractivity (Wildman–Crippen MR) is 114 cm³/mol. The number of carbonyl (C=O) groups is 1. The van der Waals surface area contributed by atoms with E-state index in [4.69, 9.17) is 0 Å². The summed E-state index contributed by atoms with van der Waals surface area (Å²) >= 11 is 0. The number of guanidine groups is 1. The maximum Gasteiger partial charge on any atom is 0.222 e. The van der Waals surface area contributed by atoms with Gasteiger partial charge in [-0.15, -0.1) is 0 Å². The number of hydrogen-bond donors (Lipinski definition) is 3. The first kappa shape index (κ1) is 21.5. The summed E-state index contributed by atoms with van der Waals surface area (Å²) in [5.41, 5.74) is 2.10. The van der Waals surface area contributed by atoms with Gasteiger partial charge in [-0.05, 0) is 25.8 Å². The molecule has 2 rings (SSSR count). The molecule has 0 saturated carbocycles. The topological polar surface area (TPSA) is 85.4 Å². The van der Waals surface area contributed by atoms with Crippen molar-refractivity contribution in [1.29, 1.82) is 0 Å². The fraction of sp³-hybridized carbons (Fsp3) is 0.476. The molecule has 1 aromatic carbocycles. The average Bonchev–Trinajstić information content (AvgIpc) is 3.16. The molecule has 0 spiro atoms. The number of nitrogens with zero attached hydrogens (tertiary/aromatic N) is 3. The molecule has 2 aromatic rings. The number of amides is 1. The highest BCUT2D eigenvalue weighted by Gasteiger charge is 2.11. The molecule has 1 amide bonds. The number of aromatic nitrogens is 2. The van der Waals surface area contributed by atoms with Gasteiger partial charge in [0.1, 0.15) is 5.82 Å². The van der Waals surface area contributed by atoms with E-state index >= 15 is 0 Å². The van der Waals surface area contributed by atoms with Crippen LogP contribution < -0.4 is 10.6 Å². The van der Waals surface area contributed by atoms with Crippen molar-refractivity contribution in [2.75, 3.05) is 20.1 Å². The minimum absolute atomic E-state index is 0.0372. The lowest BCUT2D eigenvalue weighted by atomic mass is 10.2. The molecule has 1 aromatic heterocycles. The molecule has 3 N–H and O–H groups in total. The van der Waals surface area contributed by atoms with Gasteiger partial charge in [0.05, 0.1) is 25.0 Å². The minimum Gasteiger partial charge on any atom is -0.357 e. The second-order valence-corrected chi connectivity index (χ2v) is 6.83. The van der Waals surface area contributed by atoms with E-state index in [9.17, 15) is 4.79 Å². The SMILES string of the molecule is CCNC(=NCCC(=O)NC(C)CC)N(C)Cc1ncc(-c2ccccc2)[nH]1. The smallest absolute Gasteiger partial charge is 0.222 e. The van der Waals surface area contributed by atoms with E-state index in [0.717, 1.165) is 36.0 Å². The molecule has 1 atom stereocenters. The van der Waals surface area contributed by atoms with Gasteiger partial charge in [0, 0.05) is 26.1 Å². The maximum atomic E-state index is 11.9. The first-order valence-electron chi connectivity index (χ1n) is 9.91. The molecule has 0 radical (unpaired) electrons. The summed E-state index contributed by atoms with van der Waals surface area (Å²) in [5.74, 6) is 1.66. The van der Waals surface area contributed by atoms with E-state index in [1.165, 1.54) is 0 Å². The first-order chi connectivity index (χ1) is 13.5. The summed E-state index contributed by atoms with van der Waals surface area (Å²) in [5, 5.41) is 6.23. The van der Waals surface area contributed by atoms with Gasteiger partial charge in [-0.25, -0.2) is 4.98 Å². The Bertz CT molecular complexity index is 755. The van der Waals surface area contributed by atoms with E-state index in [2.05, 4.69) is 44.7 Å². The van der Waals surface area contributed by atoms with Crippen LogP contribution in [0.1, 0.15) is 39.4 Å². The van der Waals surface area contributed by atoms with Crippen LogP contribution in [0.2, 0.25) is 0 Å². The van der Waals surface area contributed by atoms with E-state index in [1.807, 2.05) is 50.2 Å². The van der Waals surface area contributed by atoms with Gasteiger partial charge in [-0.3, -0.25) is 9.79 Å². The van der Waals surface area contributed by atoms with Gasteiger partial charge in [0.2, 0.25) is 5.91 Å². The number of imidazole rings is 1. The lowest BCUT2D eigenvalue weighted by molar-refractivity contribution is -0.121. The second-order valence-electron chi connectivity index (χ2n) is 6.83. The summed E-state index contributed by atoms with van der Waals surface area (Å²) in [6.45, 7) is 7.89. The van der Waals surface area contributed by atoms with Crippen molar-refractivity contribution in [3.05, 3.63) is 42.4 Å². The van der Waals surface area contributed by atoms with Crippen LogP contribution in [0.5, 0.6) is 0 Å². The number of H-pyrrole nitrogens is 1. The van der Waals surface area contributed by atoms with Crippen LogP contribution in [0.4, 0.5) is 0 Å². The van der Waals surface area contributed by atoms with Gasteiger partial charge in [-0.1, -0.05) is 37.3 Å². The lowest BCUT2D eigenvalue weighted by Crippen LogP contribution is -2.39. The van der Waals surface area contributed by atoms with Crippen molar-refractivity contribution >= 4 is 11.9 Å². The molecular formula is C21H32N6O. The Morgan fingerprint density at radius 1 is 1.29 bits per heavy atom. The fourth-order valence-electron chi connectivity index (χ4n) is 2.69. The van der Waals surface area contributed by atoms with Crippen LogP contribution in [0.25, 0.3) is 11.3 Å². The average molecular weight is 385 g/mol. The third kappa shape index (κ3) is 6.72. The van der Waals surface area contributed by atoms with E-state index in [-0.39, 0.29) is 11.9 Å². The number of carbonyl (C=O) groups excluding carboxylic acids is 1. The lowest BCUT2D eigenvalue weighted by Gasteiger charge is -2.21. The van der Waals surface area contributed by atoms with Gasteiger partial charge in [-0.2, -0.15) is 0 Å². The van der Waals surface area contributed by atoms with Crippen molar-refractivity contribution in [2.45, 2.75) is 46.2 Å². The molecule has 0 aliphatic rings. The molecule has 28 heavy (non-hydrogen) atoms. The molecule has 0 aliphatic heterocycles. The molecular weight excluding hydrogens is 352 g/mol. The molecule has 0 aliphatic carbocycles. The highest BCUT2D eigenvalue weighted by Crippen LogP contribution is 2.16. The largest absolute Gasteiger partial charge is 0.357 e. The van der Waals surface area contributed by atoms with Gasteiger partial charge in [0.25, 0.3) is 0 Å². The van der Waals surface area contributed by atoms with Crippen molar-refractivity contribution in [3.8, 4) is 11.3 Å². The monoisotopic (exact) mass is 384 g/mol. The zero-order valence-corrected chi connectivity index (χ0v) is 17.3. The number of benzene rings is 1. The van der Waals surface area contributed by atoms with Crippen LogP contribution in [0.3, 0.4) is 0 Å². The van der Waals surface area contributed by atoms with Crippen LogP contribution in [0.15, 0.2) is 41.5 Å². The molecule has 1 unspecified atom stereocenters. The number of rotatable bonds is 9. The Hall–Kier alpha value is -2.83. The summed E-state index contributed by atoms with van der Waals surface area (Å²) in [4.78, 5) is 26.3. The Labute approximate surface area is 167 Å². The zero-order chi connectivity index (χ0) is 20.4. The van der Waals surface area contributed by atoms with Gasteiger partial charge >= 0.3 is 0 Å². The minimum atomic E-state index is 0.0372. The third-order valence-electron chi connectivity index (χ3n) is 4.42. The van der Waals surface area contributed by atoms with E-state index < -0.39 is 0 Å². The Morgan fingerprint density at radius 3 is 2.71 bits per heavy atom. The second kappa shape index (κ2) is 11.1. The molecule has 0 bridgehead atoms. The van der Waals surface area contributed by atoms with Gasteiger partial charge < -0.3 is 20.5 Å². The van der Waals surface area contributed by atoms with Crippen molar-refractivity contribution in [1.82, 2.24) is 25.5 Å².